The molecule has 5 rings (SSSR count). The highest BCUT2D eigenvalue weighted by atomic mass is 35.5. The van der Waals surface area contributed by atoms with Crippen LogP contribution >= 0.6 is 23.4 Å². The van der Waals surface area contributed by atoms with Crippen molar-refractivity contribution in [3.05, 3.63) is 106 Å². The van der Waals surface area contributed by atoms with Crippen molar-refractivity contribution in [2.24, 2.45) is 0 Å². The van der Waals surface area contributed by atoms with Gasteiger partial charge in [-0.2, -0.15) is 4.98 Å². The van der Waals surface area contributed by atoms with Gasteiger partial charge in [-0.15, -0.1) is 5.10 Å². The topological polar surface area (TPSA) is 92.1 Å². The highest BCUT2D eigenvalue weighted by molar-refractivity contribution is 7.98. The van der Waals surface area contributed by atoms with E-state index in [0.717, 1.165) is 16.7 Å². The monoisotopic (exact) mass is 517 g/mol. The highest BCUT2D eigenvalue weighted by Crippen LogP contribution is 2.37. The molecule has 0 spiro atoms. The van der Waals surface area contributed by atoms with Crippen LogP contribution in [0.4, 0.5) is 11.6 Å². The van der Waals surface area contributed by atoms with Crippen molar-refractivity contribution in [3.63, 3.8) is 0 Å². The minimum atomic E-state index is -0.533. The molecule has 3 aromatic carbocycles. The van der Waals surface area contributed by atoms with Gasteiger partial charge in [0, 0.05) is 22.2 Å². The van der Waals surface area contributed by atoms with Gasteiger partial charge < -0.3 is 15.7 Å². The number of benzene rings is 3. The van der Waals surface area contributed by atoms with Gasteiger partial charge in [-0.05, 0) is 60.9 Å². The number of allylic oxidation sites excluding steroid dienone is 1. The lowest BCUT2D eigenvalue weighted by Crippen LogP contribution is -2.31. The van der Waals surface area contributed by atoms with E-state index in [1.54, 1.807) is 28.9 Å². The van der Waals surface area contributed by atoms with Crippen LogP contribution in [0, 0.1) is 6.92 Å². The van der Waals surface area contributed by atoms with Crippen LogP contribution < -0.4 is 10.6 Å². The van der Waals surface area contributed by atoms with Crippen LogP contribution in [-0.2, 0) is 10.5 Å². The molecule has 0 radical (unpaired) electrons. The summed E-state index contributed by atoms with van der Waals surface area (Å²) in [7, 11) is 0. The molecule has 7 nitrogen and oxygen atoms in total. The molecule has 1 atom stereocenters. The Morgan fingerprint density at radius 2 is 1.89 bits per heavy atom. The Kier molecular flexibility index (Phi) is 6.71. The Morgan fingerprint density at radius 1 is 1.11 bits per heavy atom. The lowest BCUT2D eigenvalue weighted by atomic mass is 9.95. The van der Waals surface area contributed by atoms with Crippen molar-refractivity contribution < 1.29 is 9.90 Å². The summed E-state index contributed by atoms with van der Waals surface area (Å²) in [6.45, 7) is 3.83. The number of rotatable bonds is 6. The fourth-order valence-electron chi connectivity index (χ4n) is 4.13. The van der Waals surface area contributed by atoms with Crippen molar-refractivity contribution >= 4 is 40.9 Å². The smallest absolute Gasteiger partial charge is 0.255 e. The number of fused-ring (bicyclic) bond motifs is 1. The molecule has 1 aliphatic rings. The molecular weight excluding hydrogens is 494 g/mol. The van der Waals surface area contributed by atoms with Gasteiger partial charge in [0.2, 0.25) is 11.1 Å². The van der Waals surface area contributed by atoms with Crippen LogP contribution in [0.3, 0.4) is 0 Å². The van der Waals surface area contributed by atoms with E-state index in [9.17, 15) is 9.90 Å². The van der Waals surface area contributed by atoms with Crippen LogP contribution in [0.25, 0.3) is 0 Å². The summed E-state index contributed by atoms with van der Waals surface area (Å²) in [5.41, 5.74) is 4.76. The first-order valence-electron chi connectivity index (χ1n) is 11.4. The Balaban J connectivity index is 1.49. The van der Waals surface area contributed by atoms with Gasteiger partial charge in [-0.3, -0.25) is 4.79 Å². The van der Waals surface area contributed by atoms with Crippen molar-refractivity contribution in [2.75, 3.05) is 10.6 Å². The number of phenols is 1. The second-order valence-corrected chi connectivity index (χ2v) is 9.87. The second-order valence-electron chi connectivity index (χ2n) is 8.52. The zero-order valence-electron chi connectivity index (χ0n) is 19.7. The average Bonchev–Trinajstić information content (AvgIpc) is 3.25. The Hall–Kier alpha value is -3.75. The number of phenolic OH excluding ortho intramolecular Hbond substituents is 1. The molecular formula is C27H24ClN5O2S. The van der Waals surface area contributed by atoms with E-state index in [0.29, 0.717) is 38.8 Å². The molecule has 36 heavy (non-hydrogen) atoms. The van der Waals surface area contributed by atoms with Crippen molar-refractivity contribution in [2.45, 2.75) is 30.8 Å². The molecule has 1 amide bonds. The minimum Gasteiger partial charge on any atom is -0.508 e. The van der Waals surface area contributed by atoms with E-state index in [4.69, 9.17) is 16.7 Å². The van der Waals surface area contributed by atoms with Crippen molar-refractivity contribution in [3.8, 4) is 5.75 Å². The van der Waals surface area contributed by atoms with Crippen LogP contribution in [0.1, 0.15) is 29.7 Å². The molecule has 182 valence electrons. The summed E-state index contributed by atoms with van der Waals surface area (Å²) < 4.78 is 1.72. The fraction of sp³-hybridized carbons (Fsp3) is 0.148. The number of nitrogens with zero attached hydrogens (tertiary/aromatic N) is 3. The molecule has 1 unspecified atom stereocenters. The van der Waals surface area contributed by atoms with Crippen molar-refractivity contribution in [1.29, 1.82) is 0 Å². The number of carbonyl (C=O) groups is 1. The van der Waals surface area contributed by atoms with E-state index < -0.39 is 6.04 Å². The third-order valence-corrected chi connectivity index (χ3v) is 7.13. The maximum atomic E-state index is 13.6. The van der Waals surface area contributed by atoms with Crippen molar-refractivity contribution in [1.82, 2.24) is 14.8 Å². The molecule has 4 aromatic rings. The number of nitrogens with one attached hydrogen (secondary N) is 2. The zero-order chi connectivity index (χ0) is 25.2. The summed E-state index contributed by atoms with van der Waals surface area (Å²) in [5, 5.41) is 22.1. The summed E-state index contributed by atoms with van der Waals surface area (Å²) in [6, 6.07) is 21.6. The normalized spacial score (nSPS) is 14.8. The maximum absolute atomic E-state index is 13.6. The van der Waals surface area contributed by atoms with Crippen LogP contribution in [0.2, 0.25) is 5.02 Å². The molecule has 0 fully saturated rings. The number of aromatic hydroxyl groups is 1. The first-order chi connectivity index (χ1) is 17.4. The SMILES string of the molecule is CC1=C(C(=O)Nc2cccc(C)c2)C(c2ccc(O)cc2)n2nc(SCc3ccccc3Cl)nc2N1. The highest BCUT2D eigenvalue weighted by Gasteiger charge is 2.34. The summed E-state index contributed by atoms with van der Waals surface area (Å²) in [6.07, 6.45) is 0. The molecule has 0 aliphatic carbocycles. The fourth-order valence-corrected chi connectivity index (χ4v) is 5.25. The predicted molar refractivity (Wildman–Crippen MR) is 143 cm³/mol. The average molecular weight is 518 g/mol. The van der Waals surface area contributed by atoms with E-state index >= 15 is 0 Å². The van der Waals surface area contributed by atoms with Gasteiger partial charge in [-0.1, -0.05) is 65.8 Å². The summed E-state index contributed by atoms with van der Waals surface area (Å²) in [4.78, 5) is 18.2. The van der Waals surface area contributed by atoms with Gasteiger partial charge in [0.15, 0.2) is 0 Å². The van der Waals surface area contributed by atoms with Gasteiger partial charge in [0.25, 0.3) is 5.91 Å². The van der Waals surface area contributed by atoms with Gasteiger partial charge in [-0.25, -0.2) is 4.68 Å². The molecule has 0 saturated carbocycles. The maximum Gasteiger partial charge on any atom is 0.255 e. The first-order valence-corrected chi connectivity index (χ1v) is 12.7. The van der Waals surface area contributed by atoms with Crippen LogP contribution in [-0.4, -0.2) is 25.8 Å². The number of hydrogen-bond donors (Lipinski definition) is 3. The molecule has 0 saturated heterocycles. The quantitative estimate of drug-likeness (QED) is 0.265. The second kappa shape index (κ2) is 10.1. The number of amides is 1. The Labute approximate surface area is 218 Å². The lowest BCUT2D eigenvalue weighted by molar-refractivity contribution is -0.113. The number of hydrogen-bond acceptors (Lipinski definition) is 6. The molecule has 2 heterocycles. The number of aryl methyl sites for hydroxylation is 1. The van der Waals surface area contributed by atoms with E-state index in [2.05, 4.69) is 15.6 Å². The minimum absolute atomic E-state index is 0.147. The van der Waals surface area contributed by atoms with Gasteiger partial charge in [0.1, 0.15) is 11.8 Å². The number of aromatic nitrogens is 3. The van der Waals surface area contributed by atoms with E-state index in [1.807, 2.05) is 62.4 Å². The molecule has 1 aliphatic heterocycles. The largest absolute Gasteiger partial charge is 0.508 e. The van der Waals surface area contributed by atoms with E-state index in [1.165, 1.54) is 11.8 Å². The number of anilines is 2. The zero-order valence-corrected chi connectivity index (χ0v) is 21.3. The lowest BCUT2D eigenvalue weighted by Gasteiger charge is -2.28. The standard InChI is InChI=1S/C27H24ClN5O2S/c1-16-6-5-8-20(14-16)30-25(35)23-17(2)29-26-31-27(36-15-19-7-3-4-9-22(19)28)32-33(26)24(23)18-10-12-21(34)13-11-18/h3-14,24,34H,15H2,1-2H3,(H,30,35)(H,29,31,32). The van der Waals surface area contributed by atoms with Crippen LogP contribution in [0.15, 0.2) is 89.2 Å². The summed E-state index contributed by atoms with van der Waals surface area (Å²) in [5.74, 6) is 1.06. The van der Waals surface area contributed by atoms with E-state index in [-0.39, 0.29) is 11.7 Å². The predicted octanol–water partition coefficient (Wildman–Crippen LogP) is 6.17. The molecule has 1 aromatic heterocycles. The van der Waals surface area contributed by atoms with Gasteiger partial charge >= 0.3 is 0 Å². The molecule has 9 heteroatoms. The summed E-state index contributed by atoms with van der Waals surface area (Å²) >= 11 is 7.78. The number of halogens is 1. The van der Waals surface area contributed by atoms with Crippen LogP contribution in [0.5, 0.6) is 5.75 Å². The first kappa shape index (κ1) is 24.0. The Bertz CT molecular complexity index is 1470. The van der Waals surface area contributed by atoms with Gasteiger partial charge in [0.05, 0.1) is 5.57 Å². The number of thioether (sulfide) groups is 1. The third kappa shape index (κ3) is 4.96. The molecule has 0 bridgehead atoms. The Morgan fingerprint density at radius 3 is 2.64 bits per heavy atom. The molecule has 3 N–H and O–H groups in total. The number of carbonyl (C=O) groups excluding carboxylic acids is 1. The third-order valence-electron chi connectivity index (χ3n) is 5.88.